The van der Waals surface area contributed by atoms with Crippen molar-refractivity contribution >= 4 is 27.5 Å². The molecular weight excluding hydrogens is 352 g/mol. The van der Waals surface area contributed by atoms with E-state index in [1.807, 2.05) is 6.92 Å². The maximum atomic E-state index is 13.0. The van der Waals surface area contributed by atoms with Crippen LogP contribution in [0.4, 0.5) is 0 Å². The molecule has 1 aliphatic rings. The Balaban J connectivity index is 2.30. The van der Waals surface area contributed by atoms with Crippen molar-refractivity contribution in [3.8, 4) is 5.75 Å². The summed E-state index contributed by atoms with van der Waals surface area (Å²) in [7, 11) is -3.66. The Bertz CT molecular complexity index is 721. The number of benzene rings is 1. The summed E-state index contributed by atoms with van der Waals surface area (Å²) in [5.74, 6) is 0.448. The number of rotatable bonds is 4. The van der Waals surface area contributed by atoms with Crippen molar-refractivity contribution in [2.24, 2.45) is 0 Å². The van der Waals surface area contributed by atoms with Gasteiger partial charge in [0.25, 0.3) is 0 Å². The summed E-state index contributed by atoms with van der Waals surface area (Å²) < 4.78 is 32.8. The highest BCUT2D eigenvalue weighted by atomic mass is 35.5. The van der Waals surface area contributed by atoms with Gasteiger partial charge < -0.3 is 9.64 Å². The van der Waals surface area contributed by atoms with Gasteiger partial charge in [0.2, 0.25) is 15.9 Å². The molecule has 1 fully saturated rings. The van der Waals surface area contributed by atoms with Crippen LogP contribution in [-0.2, 0) is 14.8 Å². The normalized spacial score (nSPS) is 16.8. The molecule has 0 spiro atoms. The van der Waals surface area contributed by atoms with Gasteiger partial charge in [-0.25, -0.2) is 8.42 Å². The number of carbonyl (C=O) groups is 1. The van der Waals surface area contributed by atoms with Crippen LogP contribution in [0.5, 0.6) is 5.75 Å². The molecule has 24 heavy (non-hydrogen) atoms. The minimum atomic E-state index is -3.66. The predicted octanol–water partition coefficient (Wildman–Crippen LogP) is 2.29. The Morgan fingerprint density at radius 1 is 1.25 bits per heavy atom. The highest BCUT2D eigenvalue weighted by Crippen LogP contribution is 2.32. The van der Waals surface area contributed by atoms with E-state index >= 15 is 0 Å². The summed E-state index contributed by atoms with van der Waals surface area (Å²) in [6.07, 6.45) is 0.614. The van der Waals surface area contributed by atoms with E-state index in [1.54, 1.807) is 17.9 Å². The van der Waals surface area contributed by atoms with Gasteiger partial charge in [0.1, 0.15) is 5.75 Å². The van der Waals surface area contributed by atoms with Gasteiger partial charge in [0.05, 0.1) is 16.5 Å². The number of sulfonamides is 1. The minimum absolute atomic E-state index is 0.0328. The molecule has 1 saturated heterocycles. The highest BCUT2D eigenvalue weighted by Gasteiger charge is 2.29. The van der Waals surface area contributed by atoms with Gasteiger partial charge in [-0.1, -0.05) is 11.6 Å². The average molecular weight is 375 g/mol. The number of carbonyl (C=O) groups excluding carboxylic acids is 1. The van der Waals surface area contributed by atoms with E-state index in [1.165, 1.54) is 17.3 Å². The van der Waals surface area contributed by atoms with Crippen molar-refractivity contribution in [1.82, 2.24) is 9.21 Å². The first-order valence-electron chi connectivity index (χ1n) is 7.96. The topological polar surface area (TPSA) is 66.9 Å². The number of hydrogen-bond acceptors (Lipinski definition) is 4. The maximum Gasteiger partial charge on any atom is 0.243 e. The van der Waals surface area contributed by atoms with E-state index in [-0.39, 0.29) is 22.4 Å². The third-order valence-electron chi connectivity index (χ3n) is 4.05. The first kappa shape index (κ1) is 19.0. The Morgan fingerprint density at radius 2 is 1.96 bits per heavy atom. The van der Waals surface area contributed by atoms with Crippen molar-refractivity contribution in [2.45, 2.75) is 32.1 Å². The van der Waals surface area contributed by atoms with E-state index < -0.39 is 10.0 Å². The molecule has 1 aromatic carbocycles. The van der Waals surface area contributed by atoms with Gasteiger partial charge in [0.15, 0.2) is 0 Å². The molecule has 0 radical (unpaired) electrons. The zero-order valence-electron chi connectivity index (χ0n) is 14.2. The minimum Gasteiger partial charge on any atom is -0.492 e. The molecule has 1 aliphatic heterocycles. The molecule has 0 aromatic heterocycles. The van der Waals surface area contributed by atoms with E-state index in [2.05, 4.69) is 0 Å². The highest BCUT2D eigenvalue weighted by molar-refractivity contribution is 7.89. The van der Waals surface area contributed by atoms with Gasteiger partial charge in [-0.3, -0.25) is 4.79 Å². The van der Waals surface area contributed by atoms with Crippen LogP contribution in [0.25, 0.3) is 0 Å². The first-order valence-corrected chi connectivity index (χ1v) is 9.77. The van der Waals surface area contributed by atoms with Crippen LogP contribution in [0.3, 0.4) is 0 Å². The van der Waals surface area contributed by atoms with E-state index in [0.29, 0.717) is 44.0 Å². The molecule has 1 aromatic rings. The molecule has 2 rings (SSSR count). The molecule has 6 nitrogen and oxygen atoms in total. The largest absolute Gasteiger partial charge is 0.492 e. The number of hydrogen-bond donors (Lipinski definition) is 0. The number of ether oxygens (including phenoxy) is 1. The summed E-state index contributed by atoms with van der Waals surface area (Å²) in [5, 5.41) is 0.279. The van der Waals surface area contributed by atoms with Gasteiger partial charge in [-0.05, 0) is 38.0 Å². The molecule has 0 bridgehead atoms. The fourth-order valence-corrected chi connectivity index (χ4v) is 4.75. The fourth-order valence-electron chi connectivity index (χ4n) is 2.77. The summed E-state index contributed by atoms with van der Waals surface area (Å²) in [5.41, 5.74) is 0.593. The predicted molar refractivity (Wildman–Crippen MR) is 93.0 cm³/mol. The van der Waals surface area contributed by atoms with Crippen LogP contribution in [0.2, 0.25) is 5.02 Å². The molecular formula is C16H23ClN2O4S. The molecule has 1 amide bonds. The summed E-state index contributed by atoms with van der Waals surface area (Å²) in [6, 6.07) is 3.10. The molecule has 0 unspecified atom stereocenters. The maximum absolute atomic E-state index is 13.0. The summed E-state index contributed by atoms with van der Waals surface area (Å²) in [6.45, 7) is 7.17. The standard InChI is InChI=1S/C16H23ClN2O4S/c1-4-23-15-10-12(2)16(11-14(15)17)24(21,22)19-7-5-6-18(8-9-19)13(3)20/h10-11H,4-9H2,1-3H3. The van der Waals surface area contributed by atoms with Gasteiger partial charge in [-0.15, -0.1) is 0 Å². The SMILES string of the molecule is CCOc1cc(C)c(S(=O)(=O)N2CCCN(C(C)=O)CC2)cc1Cl. The van der Waals surface area contributed by atoms with Crippen molar-refractivity contribution in [2.75, 3.05) is 32.8 Å². The third kappa shape index (κ3) is 4.02. The second kappa shape index (κ2) is 7.72. The van der Waals surface area contributed by atoms with Crippen LogP contribution in [0.15, 0.2) is 17.0 Å². The van der Waals surface area contributed by atoms with Crippen LogP contribution in [0, 0.1) is 6.92 Å². The lowest BCUT2D eigenvalue weighted by molar-refractivity contribution is -0.128. The number of nitrogens with zero attached hydrogens (tertiary/aromatic N) is 2. The van der Waals surface area contributed by atoms with Crippen molar-refractivity contribution in [1.29, 1.82) is 0 Å². The van der Waals surface area contributed by atoms with Crippen LogP contribution in [0.1, 0.15) is 25.8 Å². The van der Waals surface area contributed by atoms with E-state index in [9.17, 15) is 13.2 Å². The Hall–Kier alpha value is -1.31. The van der Waals surface area contributed by atoms with Crippen LogP contribution in [-0.4, -0.2) is 56.3 Å². The van der Waals surface area contributed by atoms with E-state index in [0.717, 1.165) is 0 Å². The van der Waals surface area contributed by atoms with Crippen molar-refractivity contribution < 1.29 is 17.9 Å². The zero-order valence-corrected chi connectivity index (χ0v) is 15.8. The zero-order chi connectivity index (χ0) is 17.9. The number of halogens is 1. The van der Waals surface area contributed by atoms with Gasteiger partial charge in [0, 0.05) is 33.1 Å². The third-order valence-corrected chi connectivity index (χ3v) is 6.38. The quantitative estimate of drug-likeness (QED) is 0.811. The van der Waals surface area contributed by atoms with Gasteiger partial charge >= 0.3 is 0 Å². The Morgan fingerprint density at radius 3 is 2.58 bits per heavy atom. The van der Waals surface area contributed by atoms with Crippen LogP contribution < -0.4 is 4.74 Å². The van der Waals surface area contributed by atoms with Gasteiger partial charge in [-0.2, -0.15) is 4.31 Å². The molecule has 1 heterocycles. The number of amides is 1. The Kier molecular flexibility index (Phi) is 6.11. The molecule has 0 aliphatic carbocycles. The molecule has 0 saturated carbocycles. The lowest BCUT2D eigenvalue weighted by atomic mass is 10.2. The van der Waals surface area contributed by atoms with Crippen LogP contribution >= 0.6 is 11.6 Å². The lowest BCUT2D eigenvalue weighted by Crippen LogP contribution is -2.36. The fraction of sp³-hybridized carbons (Fsp3) is 0.562. The molecule has 0 N–H and O–H groups in total. The van der Waals surface area contributed by atoms with Crippen molar-refractivity contribution in [3.05, 3.63) is 22.7 Å². The molecule has 8 heteroatoms. The monoisotopic (exact) mass is 374 g/mol. The molecule has 134 valence electrons. The first-order chi connectivity index (χ1) is 11.3. The lowest BCUT2D eigenvalue weighted by Gasteiger charge is -2.22. The summed E-state index contributed by atoms with van der Waals surface area (Å²) >= 11 is 6.16. The van der Waals surface area contributed by atoms with Crippen molar-refractivity contribution in [3.63, 3.8) is 0 Å². The molecule has 0 atom stereocenters. The number of aryl methyl sites for hydroxylation is 1. The second-order valence-corrected chi connectivity index (χ2v) is 8.06. The average Bonchev–Trinajstić information content (AvgIpc) is 2.77. The second-order valence-electron chi connectivity index (χ2n) is 5.74. The Labute approximate surface area is 148 Å². The smallest absolute Gasteiger partial charge is 0.243 e. The summed E-state index contributed by atoms with van der Waals surface area (Å²) in [4.78, 5) is 13.4. The van der Waals surface area contributed by atoms with E-state index in [4.69, 9.17) is 16.3 Å².